The molecule has 0 saturated carbocycles. The van der Waals surface area contributed by atoms with Crippen molar-refractivity contribution < 1.29 is 9.53 Å². The number of nitrogens with zero attached hydrogens (tertiary/aromatic N) is 1. The highest BCUT2D eigenvalue weighted by molar-refractivity contribution is 6.33. The maximum Gasteiger partial charge on any atom is 0.259 e. The Labute approximate surface area is 125 Å². The van der Waals surface area contributed by atoms with Crippen LogP contribution in [0.15, 0.2) is 30.5 Å². The van der Waals surface area contributed by atoms with E-state index in [0.717, 1.165) is 0 Å². The van der Waals surface area contributed by atoms with Crippen LogP contribution in [0.1, 0.15) is 10.4 Å². The molecule has 0 bridgehead atoms. The van der Waals surface area contributed by atoms with Crippen molar-refractivity contribution in [3.63, 3.8) is 0 Å². The molecule has 0 unspecified atom stereocenters. The van der Waals surface area contributed by atoms with Crippen molar-refractivity contribution in [2.24, 2.45) is 0 Å². The molecule has 0 aliphatic carbocycles. The molecule has 0 aliphatic heterocycles. The number of amides is 1. The van der Waals surface area contributed by atoms with Gasteiger partial charge in [-0.2, -0.15) is 0 Å². The molecular weight excluding hydrogens is 301 g/mol. The van der Waals surface area contributed by atoms with Gasteiger partial charge in [0.05, 0.1) is 28.4 Å². The molecule has 0 aliphatic rings. The molecule has 20 heavy (non-hydrogen) atoms. The summed E-state index contributed by atoms with van der Waals surface area (Å²) in [7, 11) is 1.43. The predicted molar refractivity (Wildman–Crippen MR) is 79.6 cm³/mol. The molecule has 0 atom stereocenters. The predicted octanol–water partition coefficient (Wildman–Crippen LogP) is 3.23. The Morgan fingerprint density at radius 2 is 2.05 bits per heavy atom. The first kappa shape index (κ1) is 14.4. The van der Waals surface area contributed by atoms with E-state index in [1.165, 1.54) is 19.4 Å². The minimum Gasteiger partial charge on any atom is -0.493 e. The lowest BCUT2D eigenvalue weighted by atomic mass is 10.1. The second-order valence-electron chi connectivity index (χ2n) is 3.86. The van der Waals surface area contributed by atoms with Gasteiger partial charge in [-0.3, -0.25) is 4.79 Å². The van der Waals surface area contributed by atoms with E-state index in [2.05, 4.69) is 10.3 Å². The number of hydrogen-bond acceptors (Lipinski definition) is 4. The molecule has 1 aromatic heterocycles. The summed E-state index contributed by atoms with van der Waals surface area (Å²) < 4.78 is 5.06. The highest BCUT2D eigenvalue weighted by atomic mass is 35.5. The van der Waals surface area contributed by atoms with Crippen molar-refractivity contribution in [2.45, 2.75) is 0 Å². The van der Waals surface area contributed by atoms with E-state index in [9.17, 15) is 4.79 Å². The average Bonchev–Trinajstić information content (AvgIpc) is 2.42. The van der Waals surface area contributed by atoms with Crippen LogP contribution in [-0.2, 0) is 0 Å². The molecule has 0 saturated heterocycles. The van der Waals surface area contributed by atoms with Crippen molar-refractivity contribution in [1.29, 1.82) is 0 Å². The smallest absolute Gasteiger partial charge is 0.259 e. The second-order valence-corrected chi connectivity index (χ2v) is 4.70. The number of nitrogen functional groups attached to an aromatic ring is 1. The van der Waals surface area contributed by atoms with Crippen molar-refractivity contribution in [2.75, 3.05) is 18.2 Å². The highest BCUT2D eigenvalue weighted by Gasteiger charge is 2.16. The van der Waals surface area contributed by atoms with Gasteiger partial charge in [0.1, 0.15) is 5.82 Å². The third-order valence-electron chi connectivity index (χ3n) is 2.57. The number of nitrogens with two attached hydrogens (primary N) is 1. The van der Waals surface area contributed by atoms with Gasteiger partial charge in [0, 0.05) is 6.20 Å². The third kappa shape index (κ3) is 2.95. The molecule has 2 aromatic rings. The van der Waals surface area contributed by atoms with Gasteiger partial charge in [-0.05, 0) is 24.3 Å². The number of methoxy groups -OCH3 is 1. The van der Waals surface area contributed by atoms with Gasteiger partial charge in [0.15, 0.2) is 5.75 Å². The maximum atomic E-state index is 12.1. The van der Waals surface area contributed by atoms with Crippen molar-refractivity contribution >= 4 is 40.6 Å². The van der Waals surface area contributed by atoms with Crippen LogP contribution in [0, 0.1) is 0 Å². The molecule has 1 aromatic carbocycles. The number of halogens is 2. The molecule has 7 heteroatoms. The summed E-state index contributed by atoms with van der Waals surface area (Å²) in [5.41, 5.74) is 6.29. The Hall–Kier alpha value is -1.98. The molecule has 1 amide bonds. The lowest BCUT2D eigenvalue weighted by molar-refractivity contribution is 0.102. The first-order chi connectivity index (χ1) is 9.52. The number of hydrogen-bond donors (Lipinski definition) is 2. The number of anilines is 2. The van der Waals surface area contributed by atoms with Crippen LogP contribution in [-0.4, -0.2) is 18.0 Å². The van der Waals surface area contributed by atoms with E-state index in [1.54, 1.807) is 18.2 Å². The molecule has 0 radical (unpaired) electrons. The fourth-order valence-electron chi connectivity index (χ4n) is 1.61. The maximum absolute atomic E-state index is 12.1. The number of carbonyl (C=O) groups excluding carboxylic acids is 1. The quantitative estimate of drug-likeness (QED) is 0.853. The molecule has 0 fully saturated rings. The average molecular weight is 312 g/mol. The summed E-state index contributed by atoms with van der Waals surface area (Å²) in [5.74, 6) is 0.225. The molecule has 104 valence electrons. The van der Waals surface area contributed by atoms with E-state index >= 15 is 0 Å². The SMILES string of the molecule is COc1c(Cl)ccc(C(=O)Nc2ccc(Cl)cn2)c1N. The summed E-state index contributed by atoms with van der Waals surface area (Å²) in [6.07, 6.45) is 1.43. The van der Waals surface area contributed by atoms with Gasteiger partial charge in [0.25, 0.3) is 5.91 Å². The van der Waals surface area contributed by atoms with E-state index in [4.69, 9.17) is 33.7 Å². The minimum atomic E-state index is -0.410. The van der Waals surface area contributed by atoms with Crippen LogP contribution in [0.4, 0.5) is 11.5 Å². The molecule has 3 N–H and O–H groups in total. The van der Waals surface area contributed by atoms with Gasteiger partial charge in [-0.1, -0.05) is 23.2 Å². The monoisotopic (exact) mass is 311 g/mol. The summed E-state index contributed by atoms with van der Waals surface area (Å²) in [6, 6.07) is 6.27. The minimum absolute atomic E-state index is 0.173. The van der Waals surface area contributed by atoms with Crippen LogP contribution < -0.4 is 15.8 Å². The van der Waals surface area contributed by atoms with Crippen molar-refractivity contribution in [3.8, 4) is 5.75 Å². The fourth-order valence-corrected chi connectivity index (χ4v) is 1.97. The van der Waals surface area contributed by atoms with E-state index in [-0.39, 0.29) is 17.0 Å². The van der Waals surface area contributed by atoms with Crippen LogP contribution in [0.5, 0.6) is 5.75 Å². The molecular formula is C13H11Cl2N3O2. The zero-order valence-electron chi connectivity index (χ0n) is 10.5. The summed E-state index contributed by atoms with van der Waals surface area (Å²) >= 11 is 11.6. The van der Waals surface area contributed by atoms with E-state index in [0.29, 0.717) is 15.9 Å². The van der Waals surface area contributed by atoms with Gasteiger partial charge in [-0.15, -0.1) is 0 Å². The number of nitrogens with one attached hydrogen (secondary N) is 1. The van der Waals surface area contributed by atoms with Crippen LogP contribution in [0.2, 0.25) is 10.0 Å². The number of pyridine rings is 1. The lowest BCUT2D eigenvalue weighted by Crippen LogP contribution is -2.15. The number of benzene rings is 1. The number of rotatable bonds is 3. The lowest BCUT2D eigenvalue weighted by Gasteiger charge is -2.11. The Bertz CT molecular complexity index is 645. The van der Waals surface area contributed by atoms with Gasteiger partial charge >= 0.3 is 0 Å². The second kappa shape index (κ2) is 5.98. The zero-order valence-corrected chi connectivity index (χ0v) is 12.0. The van der Waals surface area contributed by atoms with E-state index in [1.807, 2.05) is 0 Å². The highest BCUT2D eigenvalue weighted by Crippen LogP contribution is 2.33. The normalized spacial score (nSPS) is 10.2. The first-order valence-electron chi connectivity index (χ1n) is 5.57. The zero-order chi connectivity index (χ0) is 14.7. The van der Waals surface area contributed by atoms with Gasteiger partial charge in [-0.25, -0.2) is 4.98 Å². The topological polar surface area (TPSA) is 77.2 Å². The largest absolute Gasteiger partial charge is 0.493 e. The van der Waals surface area contributed by atoms with E-state index < -0.39 is 5.91 Å². The number of carbonyl (C=O) groups is 1. The summed E-state index contributed by atoms with van der Waals surface area (Å²) in [5, 5.41) is 3.43. The van der Waals surface area contributed by atoms with Gasteiger partial charge < -0.3 is 15.8 Å². The Morgan fingerprint density at radius 3 is 2.65 bits per heavy atom. The molecule has 5 nitrogen and oxygen atoms in total. The molecule has 0 spiro atoms. The van der Waals surface area contributed by atoms with Crippen molar-refractivity contribution in [3.05, 3.63) is 46.1 Å². The molecule has 2 rings (SSSR count). The van der Waals surface area contributed by atoms with Crippen LogP contribution >= 0.6 is 23.2 Å². The Kier molecular flexibility index (Phi) is 4.32. The van der Waals surface area contributed by atoms with Crippen molar-refractivity contribution in [1.82, 2.24) is 4.98 Å². The fraction of sp³-hybridized carbons (Fsp3) is 0.0769. The molecule has 1 heterocycles. The van der Waals surface area contributed by atoms with Crippen LogP contribution in [0.3, 0.4) is 0 Å². The number of aromatic nitrogens is 1. The number of ether oxygens (including phenoxy) is 1. The summed E-state index contributed by atoms with van der Waals surface area (Å²) in [4.78, 5) is 16.1. The Morgan fingerprint density at radius 1 is 1.30 bits per heavy atom. The van der Waals surface area contributed by atoms with Crippen LogP contribution in [0.25, 0.3) is 0 Å². The third-order valence-corrected chi connectivity index (χ3v) is 3.09. The Balaban J connectivity index is 2.28. The van der Waals surface area contributed by atoms with Gasteiger partial charge in [0.2, 0.25) is 0 Å². The standard InChI is InChI=1S/C13H11Cl2N3O2/c1-20-12-9(15)4-3-8(11(12)16)13(19)18-10-5-2-7(14)6-17-10/h2-6H,16H2,1H3,(H,17,18,19). The first-order valence-corrected chi connectivity index (χ1v) is 6.33. The summed E-state index contributed by atoms with van der Waals surface area (Å²) in [6.45, 7) is 0.